The van der Waals surface area contributed by atoms with Gasteiger partial charge < -0.3 is 10.6 Å². The third-order valence-electron chi connectivity index (χ3n) is 5.42. The van der Waals surface area contributed by atoms with Gasteiger partial charge in [-0.2, -0.15) is 0 Å². The average Bonchev–Trinajstić information content (AvgIpc) is 2.90. The van der Waals surface area contributed by atoms with Crippen molar-refractivity contribution in [2.45, 2.75) is 44.1 Å². The fourth-order valence-electron chi connectivity index (χ4n) is 4.00. The molecule has 4 amide bonds. The molecule has 7 heteroatoms. The molecular weight excluding hydrogens is 344 g/mol. The summed E-state index contributed by atoms with van der Waals surface area (Å²) in [4.78, 5) is 42.9. The number of benzene rings is 1. The molecule has 2 aliphatic rings. The number of urea groups is 1. The molecule has 0 radical (unpaired) electrons. The summed E-state index contributed by atoms with van der Waals surface area (Å²) in [5.41, 5.74) is 0.592. The second-order valence-electron chi connectivity index (χ2n) is 7.21. The molecule has 0 atom stereocenters. The van der Waals surface area contributed by atoms with Crippen LogP contribution in [-0.2, 0) is 9.59 Å². The van der Waals surface area contributed by atoms with Crippen LogP contribution in [0.3, 0.4) is 0 Å². The summed E-state index contributed by atoms with van der Waals surface area (Å²) in [7, 11) is 0. The minimum absolute atomic E-state index is 0.0540. The van der Waals surface area contributed by atoms with Gasteiger partial charge in [0, 0.05) is 24.5 Å². The average molecular weight is 366 g/mol. The fourth-order valence-corrected chi connectivity index (χ4v) is 4.00. The smallest absolute Gasteiger partial charge is 0.324 e. The van der Waals surface area contributed by atoms with Gasteiger partial charge in [0.25, 0.3) is 5.91 Å². The van der Waals surface area contributed by atoms with Crippen LogP contribution in [0.4, 0.5) is 10.5 Å². The molecule has 1 aliphatic carbocycles. The van der Waals surface area contributed by atoms with Gasteiger partial charge >= 0.3 is 6.03 Å². The van der Waals surface area contributed by atoms with Crippen molar-refractivity contribution in [2.24, 2.45) is 0 Å². The van der Waals surface area contributed by atoms with Gasteiger partial charge in [-0.25, -0.2) is 4.79 Å². The number of hydrogen-bond acceptors (Lipinski definition) is 4. The Labute approximate surface area is 157 Å². The molecule has 2 fully saturated rings. The molecule has 0 unspecified atom stereocenters. The Morgan fingerprint density at radius 1 is 1.15 bits per heavy atom. The van der Waals surface area contributed by atoms with E-state index >= 15 is 0 Å². The number of rotatable bonds is 4. The fraction of sp³-hybridized carbons (Fsp3) is 0.400. The lowest BCUT2D eigenvalue weighted by Gasteiger charge is -2.30. The largest absolute Gasteiger partial charge is 0.325 e. The van der Waals surface area contributed by atoms with Crippen LogP contribution in [-0.4, -0.2) is 39.8 Å². The highest BCUT2D eigenvalue weighted by molar-refractivity contribution is 6.07. The first-order valence-corrected chi connectivity index (χ1v) is 9.37. The van der Waals surface area contributed by atoms with Crippen LogP contribution in [0.2, 0.25) is 0 Å². The second-order valence-corrected chi connectivity index (χ2v) is 7.21. The molecule has 140 valence electrons. The van der Waals surface area contributed by atoms with Crippen LogP contribution >= 0.6 is 0 Å². The molecule has 1 aromatic carbocycles. The van der Waals surface area contributed by atoms with Crippen molar-refractivity contribution >= 4 is 34.4 Å². The number of anilines is 1. The van der Waals surface area contributed by atoms with E-state index in [0.717, 1.165) is 24.6 Å². The Bertz CT molecular complexity index is 900. The maximum Gasteiger partial charge on any atom is 0.325 e. The first kappa shape index (κ1) is 17.5. The van der Waals surface area contributed by atoms with Crippen LogP contribution in [0.15, 0.2) is 36.5 Å². The molecule has 1 spiro atoms. The predicted octanol–water partition coefficient (Wildman–Crippen LogP) is 2.82. The molecule has 0 bridgehead atoms. The number of fused-ring (bicyclic) bond motifs is 1. The first-order chi connectivity index (χ1) is 13.1. The SMILES string of the molecule is O=C(CCN1C(=O)NC2(CCCCC2)C1=O)Nc1cccc2cccnc12. The Kier molecular flexibility index (Phi) is 4.51. The van der Waals surface area contributed by atoms with E-state index in [4.69, 9.17) is 0 Å². The maximum absolute atomic E-state index is 12.7. The van der Waals surface area contributed by atoms with Crippen molar-refractivity contribution in [3.8, 4) is 0 Å². The third-order valence-corrected chi connectivity index (χ3v) is 5.42. The van der Waals surface area contributed by atoms with E-state index < -0.39 is 5.54 Å². The van der Waals surface area contributed by atoms with E-state index in [9.17, 15) is 14.4 Å². The molecule has 1 saturated carbocycles. The maximum atomic E-state index is 12.7. The van der Waals surface area contributed by atoms with Crippen LogP contribution < -0.4 is 10.6 Å². The van der Waals surface area contributed by atoms with Crippen LogP contribution in [0.1, 0.15) is 38.5 Å². The lowest BCUT2D eigenvalue weighted by atomic mass is 9.82. The lowest BCUT2D eigenvalue weighted by Crippen LogP contribution is -2.48. The van der Waals surface area contributed by atoms with Gasteiger partial charge in [-0.1, -0.05) is 37.5 Å². The number of aromatic nitrogens is 1. The first-order valence-electron chi connectivity index (χ1n) is 9.37. The van der Waals surface area contributed by atoms with Gasteiger partial charge in [0.05, 0.1) is 11.2 Å². The van der Waals surface area contributed by atoms with Gasteiger partial charge in [-0.05, 0) is 25.0 Å². The quantitative estimate of drug-likeness (QED) is 0.814. The van der Waals surface area contributed by atoms with Crippen LogP contribution in [0, 0.1) is 0 Å². The molecule has 1 aliphatic heterocycles. The minimum atomic E-state index is -0.745. The number of amides is 4. The third kappa shape index (κ3) is 3.25. The molecule has 1 saturated heterocycles. The number of para-hydroxylation sites is 1. The summed E-state index contributed by atoms with van der Waals surface area (Å²) in [5.74, 6) is -0.440. The highest BCUT2D eigenvalue weighted by Gasteiger charge is 2.51. The van der Waals surface area contributed by atoms with Gasteiger partial charge in [-0.3, -0.25) is 19.5 Å². The number of carbonyl (C=O) groups excluding carboxylic acids is 3. The Morgan fingerprint density at radius 2 is 1.93 bits per heavy atom. The van der Waals surface area contributed by atoms with Gasteiger partial charge in [-0.15, -0.1) is 0 Å². The summed E-state index contributed by atoms with van der Waals surface area (Å²) >= 11 is 0. The van der Waals surface area contributed by atoms with E-state index in [2.05, 4.69) is 15.6 Å². The Hall–Kier alpha value is -2.96. The monoisotopic (exact) mass is 366 g/mol. The van der Waals surface area contributed by atoms with Crippen LogP contribution in [0.5, 0.6) is 0 Å². The molecule has 7 nitrogen and oxygen atoms in total. The molecule has 2 heterocycles. The van der Waals surface area contributed by atoms with E-state index in [-0.39, 0.29) is 30.8 Å². The number of nitrogens with one attached hydrogen (secondary N) is 2. The van der Waals surface area contributed by atoms with Crippen molar-refractivity contribution in [3.05, 3.63) is 36.5 Å². The van der Waals surface area contributed by atoms with Crippen molar-refractivity contribution in [2.75, 3.05) is 11.9 Å². The van der Waals surface area contributed by atoms with Gasteiger partial charge in [0.1, 0.15) is 5.54 Å². The Balaban J connectivity index is 1.40. The molecule has 2 aromatic rings. The number of carbonyl (C=O) groups is 3. The van der Waals surface area contributed by atoms with E-state index in [1.54, 1.807) is 12.3 Å². The van der Waals surface area contributed by atoms with E-state index in [1.807, 2.05) is 24.3 Å². The van der Waals surface area contributed by atoms with Crippen molar-refractivity contribution in [1.82, 2.24) is 15.2 Å². The zero-order valence-corrected chi connectivity index (χ0v) is 15.0. The van der Waals surface area contributed by atoms with Crippen molar-refractivity contribution in [3.63, 3.8) is 0 Å². The highest BCUT2D eigenvalue weighted by Crippen LogP contribution is 2.33. The van der Waals surface area contributed by atoms with E-state index in [1.165, 1.54) is 4.90 Å². The molecular formula is C20H22N4O3. The zero-order chi connectivity index (χ0) is 18.9. The van der Waals surface area contributed by atoms with Crippen molar-refractivity contribution < 1.29 is 14.4 Å². The Morgan fingerprint density at radius 3 is 2.74 bits per heavy atom. The number of hydrogen-bond donors (Lipinski definition) is 2. The predicted molar refractivity (Wildman–Crippen MR) is 101 cm³/mol. The summed E-state index contributed by atoms with van der Waals surface area (Å²) in [6, 6.07) is 8.94. The molecule has 27 heavy (non-hydrogen) atoms. The summed E-state index contributed by atoms with van der Waals surface area (Å²) in [6.07, 6.45) is 6.06. The number of imide groups is 1. The normalized spacial score (nSPS) is 18.7. The standard InChI is InChI=1S/C20H22N4O3/c25-16(22-15-8-4-6-14-7-5-12-21-17(14)15)9-13-24-18(26)20(23-19(24)27)10-2-1-3-11-20/h4-8,12H,1-3,9-11,13H2,(H,22,25)(H,23,27). The molecule has 1 aromatic heterocycles. The number of nitrogens with zero attached hydrogens (tertiary/aromatic N) is 2. The van der Waals surface area contributed by atoms with Gasteiger partial charge in [0.2, 0.25) is 5.91 Å². The summed E-state index contributed by atoms with van der Waals surface area (Å²) in [6.45, 7) is 0.0798. The lowest BCUT2D eigenvalue weighted by molar-refractivity contribution is -0.132. The highest BCUT2D eigenvalue weighted by atomic mass is 16.2. The van der Waals surface area contributed by atoms with Crippen LogP contribution in [0.25, 0.3) is 10.9 Å². The van der Waals surface area contributed by atoms with Crippen molar-refractivity contribution in [1.29, 1.82) is 0 Å². The zero-order valence-electron chi connectivity index (χ0n) is 15.0. The second kappa shape index (κ2) is 6.98. The summed E-state index contributed by atoms with van der Waals surface area (Å²) < 4.78 is 0. The molecule has 4 rings (SSSR count). The topological polar surface area (TPSA) is 91.4 Å². The summed E-state index contributed by atoms with van der Waals surface area (Å²) in [5, 5.41) is 6.63. The minimum Gasteiger partial charge on any atom is -0.324 e. The van der Waals surface area contributed by atoms with E-state index in [0.29, 0.717) is 24.0 Å². The van der Waals surface area contributed by atoms with Gasteiger partial charge in [0.15, 0.2) is 0 Å². The molecule has 2 N–H and O–H groups in total. The number of pyridine rings is 1.